The summed E-state index contributed by atoms with van der Waals surface area (Å²) in [6, 6.07) is 8.40. The quantitative estimate of drug-likeness (QED) is 0.0148. The zero-order chi connectivity index (χ0) is 100. The molecule has 0 spiro atoms. The summed E-state index contributed by atoms with van der Waals surface area (Å²) in [6.45, 7) is 25.5. The number of carbonyl (C=O) groups is 1. The largest absolute Gasteiger partial charge is 0.796 e. The van der Waals surface area contributed by atoms with Crippen molar-refractivity contribution < 1.29 is 46.5 Å². The lowest BCUT2D eigenvalue weighted by molar-refractivity contribution is 0.104. The number of H-pyrrole nitrogens is 2. The summed E-state index contributed by atoms with van der Waals surface area (Å²) in [5, 5.41) is 0. The van der Waals surface area contributed by atoms with E-state index in [1.807, 2.05) is 0 Å². The van der Waals surface area contributed by atoms with Crippen LogP contribution < -0.4 is 28.4 Å². The number of carbonyl (C=O) groups excluding carboxylic acids is 1. The molecule has 140 heavy (non-hydrogen) atoms. The Labute approximate surface area is 865 Å². The molecule has 0 unspecified atom stereocenters. The lowest BCUT2D eigenvalue weighted by Gasteiger charge is -2.19. The predicted octanol–water partition coefficient (Wildman–Crippen LogP) is 43.3. The van der Waals surface area contributed by atoms with Crippen LogP contribution in [-0.2, 0) is 30.3 Å². The van der Waals surface area contributed by atoms with Crippen LogP contribution in [0.25, 0.3) is 28.3 Å². The van der Waals surface area contributed by atoms with E-state index in [2.05, 4.69) is 103 Å². The summed E-state index contributed by atoms with van der Waals surface area (Å²) < 4.78 is 78.9. The van der Waals surface area contributed by atoms with Crippen molar-refractivity contribution in [2.24, 2.45) is 0 Å². The molecule has 13 heteroatoms. The van der Waals surface area contributed by atoms with Gasteiger partial charge in [-0.05, 0) is 111 Å². The van der Waals surface area contributed by atoms with Gasteiger partial charge in [0.15, 0.2) is 23.0 Å². The normalized spacial score (nSPS) is 11.8. The number of benzene rings is 2. The van der Waals surface area contributed by atoms with Crippen molar-refractivity contribution in [3.05, 3.63) is 64.0 Å². The number of halogens is 2. The minimum atomic E-state index is -3.21. The van der Waals surface area contributed by atoms with Crippen molar-refractivity contribution in [2.75, 3.05) is 39.6 Å². The van der Waals surface area contributed by atoms with Gasteiger partial charge in [0, 0.05) is 28.6 Å². The van der Waals surface area contributed by atoms with Gasteiger partial charge in [0.2, 0.25) is 17.3 Å². The Morgan fingerprint density at radius 2 is 0.393 bits per heavy atom. The number of hydrogen-bond donors (Lipinski definition) is 2. The molecule has 0 aliphatic rings. The molecule has 0 amide bonds. The molecule has 2 N–H and O–H groups in total. The van der Waals surface area contributed by atoms with Crippen LogP contribution in [-0.4, -0.2) is 62.9 Å². The van der Waals surface area contributed by atoms with Crippen LogP contribution in [0, 0.1) is 0 Å². The molecule has 0 fully saturated rings. The van der Waals surface area contributed by atoms with Crippen molar-refractivity contribution in [2.45, 2.75) is 634 Å². The van der Waals surface area contributed by atoms with E-state index in [9.17, 15) is 0 Å². The van der Waals surface area contributed by atoms with Gasteiger partial charge in [0.1, 0.15) is 5.76 Å². The zero-order valence-electron chi connectivity index (χ0n) is 94.0. The van der Waals surface area contributed by atoms with Gasteiger partial charge in [0.05, 0.1) is 51.0 Å². The van der Waals surface area contributed by atoms with Crippen LogP contribution in [0.3, 0.4) is 0 Å². The highest BCUT2D eigenvalue weighted by molar-refractivity contribution is 6.36. The Kier molecular flexibility index (Phi) is 84.1. The molecule has 2 aromatic heterocycles. The van der Waals surface area contributed by atoms with E-state index in [1.165, 1.54) is 468 Å². The number of hydrogen-bond acceptors (Lipinski definition) is 8. The second kappa shape index (κ2) is 92.5. The van der Waals surface area contributed by atoms with Crippen LogP contribution in [0.15, 0.2) is 30.3 Å². The van der Waals surface area contributed by atoms with Crippen LogP contribution >= 0.6 is 0 Å². The van der Waals surface area contributed by atoms with Crippen molar-refractivity contribution >= 4 is 19.0 Å². The molecule has 0 saturated heterocycles. The summed E-state index contributed by atoms with van der Waals surface area (Å²) in [5.41, 5.74) is 7.56. The Morgan fingerprint density at radius 1 is 0.229 bits per heavy atom. The third kappa shape index (κ3) is 62.2. The lowest BCUT2D eigenvalue weighted by atomic mass is 9.97. The standard InChI is InChI=1S/C127H225BF2N2O8/c1-11-21-27-33-39-45-51-57-63-69-75-81-87-93-99-134-118-105-110(106-119(135-100-94-88-82-76-70-64-58-52-46-40-34-28-22-12-2)126(118)138-103-97-91-85-79-73-67-61-55-49-43-37-31-25-15-5)122-112(17-7)114(19-9)124(131-122)116(133)109-117(140-128(129)130)125-115(20-10)113(18-8)123(132-125)111-107-120(136-101-95-89-83-77-71-65-59-53-47-41-35-29-23-13-3)127(139-104-98-92-86-80-74-68-62-56-50-44-38-32-26-16-6)121(108-111)137-102-96-90-84-78-72-66-60-54-48-42-36-30-24-14-4/h105-109,131-132H,11-104H2,1-10H3/b117-109-. The van der Waals surface area contributed by atoms with Crippen molar-refractivity contribution in [3.8, 4) is 57.0 Å². The maximum absolute atomic E-state index is 15.8. The Balaban J connectivity index is 1.79. The molecule has 2 heterocycles. The van der Waals surface area contributed by atoms with Crippen molar-refractivity contribution in [3.63, 3.8) is 0 Å². The second-order valence-electron chi connectivity index (χ2n) is 42.6. The molecule has 0 radical (unpaired) electrons. The number of ketones is 1. The van der Waals surface area contributed by atoms with Crippen molar-refractivity contribution in [1.82, 2.24) is 9.97 Å². The number of ether oxygens (including phenoxy) is 6. The van der Waals surface area contributed by atoms with E-state index in [4.69, 9.17) is 33.1 Å². The highest BCUT2D eigenvalue weighted by Crippen LogP contribution is 2.47. The third-order valence-electron chi connectivity index (χ3n) is 30.0. The van der Waals surface area contributed by atoms with Gasteiger partial charge in [-0.3, -0.25) is 4.79 Å². The van der Waals surface area contributed by atoms with Gasteiger partial charge >= 0.3 is 7.47 Å². The third-order valence-corrected chi connectivity index (χ3v) is 30.0. The highest BCUT2D eigenvalue weighted by atomic mass is 19.2. The monoisotopic (exact) mass is 1960 g/mol. The summed E-state index contributed by atoms with van der Waals surface area (Å²) >= 11 is 0. The van der Waals surface area contributed by atoms with E-state index in [1.54, 1.807) is 0 Å². The van der Waals surface area contributed by atoms with Crippen LogP contribution in [0.1, 0.15) is 647 Å². The van der Waals surface area contributed by atoms with Crippen molar-refractivity contribution in [1.29, 1.82) is 0 Å². The Morgan fingerprint density at radius 3 is 0.571 bits per heavy atom. The fraction of sp³-hybridized carbons (Fsp3) is 0.819. The smallest absolute Gasteiger partial charge is 0.503 e. The minimum absolute atomic E-state index is 0.200. The van der Waals surface area contributed by atoms with Crippen LogP contribution in [0.2, 0.25) is 0 Å². The van der Waals surface area contributed by atoms with E-state index in [-0.39, 0.29) is 5.76 Å². The molecule has 0 atom stereocenters. The molecule has 0 bridgehead atoms. The topological polar surface area (TPSA) is 113 Å². The van der Waals surface area contributed by atoms with E-state index in [0.29, 0.717) is 111 Å². The first kappa shape index (κ1) is 127. The first-order valence-corrected chi connectivity index (χ1v) is 61.9. The molecule has 0 saturated carbocycles. The van der Waals surface area contributed by atoms with Crippen LogP contribution in [0.4, 0.5) is 8.63 Å². The first-order chi connectivity index (χ1) is 69.1. The molecule has 4 aromatic rings. The maximum atomic E-state index is 15.8. The Hall–Kier alpha value is -5.07. The van der Waals surface area contributed by atoms with Gasteiger partial charge in [-0.2, -0.15) is 0 Å². The summed E-state index contributed by atoms with van der Waals surface area (Å²) in [4.78, 5) is 23.2. The summed E-state index contributed by atoms with van der Waals surface area (Å²) in [7, 11) is -3.21. The molecular formula is C127H225BF2N2O8. The van der Waals surface area contributed by atoms with Gasteiger partial charge < -0.3 is 43.0 Å². The molecule has 2 aromatic carbocycles. The SMILES string of the molecule is CCCCCCCCCCCCCCCCOc1cc(-c2[nH]c(C(=O)/C=C(\OB(F)F)c3[nH]c(-c4cc(OCCCCCCCCCCCCCCCC)c(OCCCCCCCCCCCCCCCC)c(OCCCCCCCCCCCCCCCC)c4)c(CC)c3CC)c(CC)c2CC)cc(OCCCCCCCCCCCCCCCC)c1OCCCCCCCCCCCCCCCC. The molecule has 0 aliphatic carbocycles. The summed E-state index contributed by atoms with van der Waals surface area (Å²) in [6.07, 6.45) is 111. The van der Waals surface area contributed by atoms with Gasteiger partial charge in [-0.15, -0.1) is 0 Å². The Bertz CT molecular complexity index is 3380. The maximum Gasteiger partial charge on any atom is 0.796 e. The minimum Gasteiger partial charge on any atom is -0.503 e. The van der Waals surface area contributed by atoms with Crippen LogP contribution in [0.5, 0.6) is 34.5 Å². The molecule has 4 rings (SSSR count). The number of unbranched alkanes of at least 4 members (excludes halogenated alkanes) is 78. The lowest BCUT2D eigenvalue weighted by Crippen LogP contribution is -2.09. The van der Waals surface area contributed by atoms with Gasteiger partial charge in [-0.25, -0.2) is 8.63 Å². The zero-order valence-corrected chi connectivity index (χ0v) is 94.0. The fourth-order valence-corrected chi connectivity index (χ4v) is 21.1. The average molecular weight is 1960 g/mol. The second-order valence-corrected chi connectivity index (χ2v) is 42.6. The first-order valence-electron chi connectivity index (χ1n) is 61.9. The molecule has 0 aliphatic heterocycles. The van der Waals surface area contributed by atoms with Gasteiger partial charge in [0.25, 0.3) is 0 Å². The number of nitrogens with one attached hydrogen (secondary N) is 2. The highest BCUT2D eigenvalue weighted by Gasteiger charge is 2.31. The molecular weight excluding hydrogens is 1730 g/mol. The van der Waals surface area contributed by atoms with Gasteiger partial charge in [-0.1, -0.05) is 570 Å². The fourth-order valence-electron chi connectivity index (χ4n) is 21.1. The van der Waals surface area contributed by atoms with E-state index >= 15 is 13.4 Å². The van der Waals surface area contributed by atoms with E-state index < -0.39 is 13.3 Å². The average Bonchev–Trinajstić information content (AvgIpc) is 1.62. The number of rotatable bonds is 107. The number of aromatic nitrogens is 2. The summed E-state index contributed by atoms with van der Waals surface area (Å²) in [5.74, 6) is 3.25. The number of allylic oxidation sites excluding steroid dienone is 1. The predicted molar refractivity (Wildman–Crippen MR) is 606 cm³/mol. The molecule has 10 nitrogen and oxygen atoms in total. The van der Waals surface area contributed by atoms with E-state index in [0.717, 1.165) is 122 Å². The number of aromatic amines is 2. The molecule has 808 valence electrons.